The standard InChI is InChI=1S/C20H25N5O/c26-20(14-25-19(8-11-24-25)16-4-3-9-21-12-16)22-10-7-15-13-23-18-6-2-1-5-17(15)18/h1-2,5-6,8,11,13,16,21,23H,3-4,7,9-10,12,14H2,(H,22,26). The third-order valence-corrected chi connectivity index (χ3v) is 5.15. The Balaban J connectivity index is 1.31. The molecule has 1 aromatic carbocycles. The largest absolute Gasteiger partial charge is 0.361 e. The third-order valence-electron chi connectivity index (χ3n) is 5.15. The minimum atomic E-state index is 0.0126. The molecule has 1 atom stereocenters. The molecule has 0 saturated carbocycles. The van der Waals surface area contributed by atoms with Crippen molar-refractivity contribution in [3.8, 4) is 0 Å². The van der Waals surface area contributed by atoms with E-state index in [-0.39, 0.29) is 12.5 Å². The van der Waals surface area contributed by atoms with E-state index in [1.165, 1.54) is 17.4 Å². The second-order valence-corrected chi connectivity index (χ2v) is 6.92. The number of hydrogen-bond donors (Lipinski definition) is 3. The highest BCUT2D eigenvalue weighted by atomic mass is 16.2. The molecule has 1 aliphatic heterocycles. The third kappa shape index (κ3) is 3.65. The van der Waals surface area contributed by atoms with Crippen molar-refractivity contribution in [2.24, 2.45) is 0 Å². The van der Waals surface area contributed by atoms with Gasteiger partial charge >= 0.3 is 0 Å². The summed E-state index contributed by atoms with van der Waals surface area (Å²) >= 11 is 0. The van der Waals surface area contributed by atoms with Crippen LogP contribution in [0.25, 0.3) is 10.9 Å². The van der Waals surface area contributed by atoms with Crippen molar-refractivity contribution in [1.82, 2.24) is 25.4 Å². The number of carbonyl (C=O) groups is 1. The summed E-state index contributed by atoms with van der Waals surface area (Å²) in [5.41, 5.74) is 3.52. The van der Waals surface area contributed by atoms with Crippen LogP contribution in [-0.4, -0.2) is 40.3 Å². The number of carbonyl (C=O) groups excluding carboxylic acids is 1. The van der Waals surface area contributed by atoms with E-state index in [0.29, 0.717) is 12.5 Å². The lowest BCUT2D eigenvalue weighted by Crippen LogP contribution is -2.33. The number of benzene rings is 1. The fourth-order valence-corrected chi connectivity index (χ4v) is 3.79. The predicted octanol–water partition coefficient (Wildman–Crippen LogP) is 2.19. The smallest absolute Gasteiger partial charge is 0.241 e. The molecule has 26 heavy (non-hydrogen) atoms. The molecule has 6 nitrogen and oxygen atoms in total. The number of aromatic amines is 1. The van der Waals surface area contributed by atoms with Crippen LogP contribution in [0.3, 0.4) is 0 Å². The molecule has 1 saturated heterocycles. The number of H-pyrrole nitrogens is 1. The number of piperidine rings is 1. The van der Waals surface area contributed by atoms with Crippen molar-refractivity contribution in [2.75, 3.05) is 19.6 Å². The Kier molecular flexibility index (Phi) is 5.02. The Hall–Kier alpha value is -2.60. The molecule has 0 aliphatic carbocycles. The van der Waals surface area contributed by atoms with Crippen LogP contribution in [0.5, 0.6) is 0 Å². The average Bonchev–Trinajstić information content (AvgIpc) is 3.30. The molecule has 1 fully saturated rings. The first kappa shape index (κ1) is 16.8. The summed E-state index contributed by atoms with van der Waals surface area (Å²) in [6.45, 7) is 2.96. The minimum absolute atomic E-state index is 0.0126. The number of amides is 1. The Bertz CT molecular complexity index is 875. The zero-order valence-corrected chi connectivity index (χ0v) is 14.9. The summed E-state index contributed by atoms with van der Waals surface area (Å²) in [5.74, 6) is 0.462. The van der Waals surface area contributed by atoms with Gasteiger partial charge in [0.15, 0.2) is 0 Å². The molecule has 6 heteroatoms. The van der Waals surface area contributed by atoms with Gasteiger partial charge in [0.25, 0.3) is 0 Å². The van der Waals surface area contributed by atoms with Crippen LogP contribution in [-0.2, 0) is 17.8 Å². The van der Waals surface area contributed by atoms with Crippen LogP contribution >= 0.6 is 0 Å². The number of fused-ring (bicyclic) bond motifs is 1. The molecule has 0 spiro atoms. The highest BCUT2D eigenvalue weighted by molar-refractivity contribution is 5.83. The van der Waals surface area contributed by atoms with E-state index in [0.717, 1.165) is 37.1 Å². The molecule has 136 valence electrons. The highest BCUT2D eigenvalue weighted by Crippen LogP contribution is 2.22. The lowest BCUT2D eigenvalue weighted by molar-refractivity contribution is -0.121. The summed E-state index contributed by atoms with van der Waals surface area (Å²) in [5, 5.41) is 12.0. The second kappa shape index (κ2) is 7.74. The van der Waals surface area contributed by atoms with Crippen molar-refractivity contribution >= 4 is 16.8 Å². The SMILES string of the molecule is O=C(Cn1nccc1C1CCCNC1)NCCc1c[nH]c2ccccc12. The van der Waals surface area contributed by atoms with Gasteiger partial charge < -0.3 is 15.6 Å². The maximum absolute atomic E-state index is 12.3. The van der Waals surface area contributed by atoms with Crippen LogP contribution in [0.15, 0.2) is 42.7 Å². The number of nitrogens with zero attached hydrogens (tertiary/aromatic N) is 2. The Labute approximate surface area is 153 Å². The van der Waals surface area contributed by atoms with Crippen molar-refractivity contribution in [3.05, 3.63) is 54.0 Å². The molecule has 1 unspecified atom stereocenters. The number of nitrogens with one attached hydrogen (secondary N) is 3. The number of rotatable bonds is 6. The van der Waals surface area contributed by atoms with E-state index in [1.807, 2.05) is 29.1 Å². The Morgan fingerprint density at radius 2 is 2.23 bits per heavy atom. The summed E-state index contributed by atoms with van der Waals surface area (Å²) in [6.07, 6.45) is 6.96. The number of hydrogen-bond acceptors (Lipinski definition) is 3. The van der Waals surface area contributed by atoms with Crippen molar-refractivity contribution < 1.29 is 4.79 Å². The first-order valence-corrected chi connectivity index (χ1v) is 9.35. The summed E-state index contributed by atoms with van der Waals surface area (Å²) in [6, 6.07) is 10.3. The Morgan fingerprint density at radius 1 is 1.31 bits per heavy atom. The van der Waals surface area contributed by atoms with Crippen LogP contribution < -0.4 is 10.6 Å². The van der Waals surface area contributed by atoms with Gasteiger partial charge in [0.1, 0.15) is 6.54 Å². The molecule has 4 rings (SSSR count). The molecule has 3 heterocycles. The lowest BCUT2D eigenvalue weighted by atomic mass is 9.96. The molecule has 1 amide bonds. The van der Waals surface area contributed by atoms with E-state index in [4.69, 9.17) is 0 Å². The van der Waals surface area contributed by atoms with Crippen LogP contribution in [0.2, 0.25) is 0 Å². The van der Waals surface area contributed by atoms with Gasteiger partial charge in [0, 0.05) is 48.0 Å². The first-order valence-electron chi connectivity index (χ1n) is 9.35. The fraction of sp³-hybridized carbons (Fsp3) is 0.400. The summed E-state index contributed by atoms with van der Waals surface area (Å²) in [4.78, 5) is 15.6. The van der Waals surface area contributed by atoms with E-state index in [1.54, 1.807) is 6.20 Å². The number of para-hydroxylation sites is 1. The minimum Gasteiger partial charge on any atom is -0.361 e. The Morgan fingerprint density at radius 3 is 3.12 bits per heavy atom. The van der Waals surface area contributed by atoms with Gasteiger partial charge in [-0.05, 0) is 43.5 Å². The van der Waals surface area contributed by atoms with Crippen LogP contribution in [0.4, 0.5) is 0 Å². The molecule has 2 aromatic heterocycles. The van der Waals surface area contributed by atoms with Gasteiger partial charge in [0.05, 0.1) is 0 Å². The lowest BCUT2D eigenvalue weighted by Gasteiger charge is -2.23. The number of aromatic nitrogens is 3. The van der Waals surface area contributed by atoms with Gasteiger partial charge in [-0.2, -0.15) is 5.10 Å². The average molecular weight is 351 g/mol. The van der Waals surface area contributed by atoms with Crippen molar-refractivity contribution in [2.45, 2.75) is 31.7 Å². The summed E-state index contributed by atoms with van der Waals surface area (Å²) in [7, 11) is 0. The molecule has 0 radical (unpaired) electrons. The summed E-state index contributed by atoms with van der Waals surface area (Å²) < 4.78 is 1.85. The van der Waals surface area contributed by atoms with E-state index in [2.05, 4.69) is 32.8 Å². The molecule has 1 aliphatic rings. The van der Waals surface area contributed by atoms with Crippen molar-refractivity contribution in [1.29, 1.82) is 0 Å². The molecule has 3 N–H and O–H groups in total. The van der Waals surface area contributed by atoms with E-state index >= 15 is 0 Å². The zero-order valence-electron chi connectivity index (χ0n) is 14.9. The first-order chi connectivity index (χ1) is 12.8. The monoisotopic (exact) mass is 351 g/mol. The van der Waals surface area contributed by atoms with Gasteiger partial charge in [-0.25, -0.2) is 0 Å². The van der Waals surface area contributed by atoms with E-state index < -0.39 is 0 Å². The maximum Gasteiger partial charge on any atom is 0.241 e. The molecular weight excluding hydrogens is 326 g/mol. The van der Waals surface area contributed by atoms with Crippen molar-refractivity contribution in [3.63, 3.8) is 0 Å². The quantitative estimate of drug-likeness (QED) is 0.637. The topological polar surface area (TPSA) is 74.7 Å². The normalized spacial score (nSPS) is 17.5. The molecule has 0 bridgehead atoms. The van der Waals surface area contributed by atoms with E-state index in [9.17, 15) is 4.79 Å². The van der Waals surface area contributed by atoms with Gasteiger partial charge in [-0.1, -0.05) is 18.2 Å². The highest BCUT2D eigenvalue weighted by Gasteiger charge is 2.19. The van der Waals surface area contributed by atoms with Gasteiger partial charge in [0.2, 0.25) is 5.91 Å². The maximum atomic E-state index is 12.3. The predicted molar refractivity (Wildman–Crippen MR) is 102 cm³/mol. The molecular formula is C20H25N5O. The van der Waals surface area contributed by atoms with Crippen LogP contribution in [0, 0.1) is 0 Å². The van der Waals surface area contributed by atoms with Gasteiger partial charge in [-0.3, -0.25) is 9.48 Å². The second-order valence-electron chi connectivity index (χ2n) is 6.92. The fourth-order valence-electron chi connectivity index (χ4n) is 3.79. The van der Waals surface area contributed by atoms with Gasteiger partial charge in [-0.15, -0.1) is 0 Å². The molecule has 3 aromatic rings. The van der Waals surface area contributed by atoms with Crippen LogP contribution in [0.1, 0.15) is 30.0 Å². The zero-order chi connectivity index (χ0) is 17.8.